The number of benzene rings is 4. The van der Waals surface area contributed by atoms with E-state index in [-0.39, 0.29) is 27.1 Å². The Bertz CT molecular complexity index is 2880. The summed E-state index contributed by atoms with van der Waals surface area (Å²) in [6.07, 6.45) is 22.7. The molecule has 0 heterocycles. The Morgan fingerprint density at radius 1 is 0.227 bits per heavy atom. The Kier molecular flexibility index (Phi) is 43.5. The summed E-state index contributed by atoms with van der Waals surface area (Å²) in [7, 11) is 0. The van der Waals surface area contributed by atoms with Gasteiger partial charge in [-0.3, -0.25) is 0 Å². The van der Waals surface area contributed by atoms with Crippen molar-refractivity contribution in [3.05, 3.63) is 143 Å². The first-order chi connectivity index (χ1) is 48.8. The summed E-state index contributed by atoms with van der Waals surface area (Å²) in [5.74, 6) is 6.67. The maximum Gasteiger partial charge on any atom is -0.00550 e. The van der Waals surface area contributed by atoms with Crippen LogP contribution in [0.15, 0.2) is 109 Å². The van der Waals surface area contributed by atoms with Crippen molar-refractivity contribution in [3.8, 4) is 0 Å². The molecular formula is C110H200. The van der Waals surface area contributed by atoms with Crippen molar-refractivity contribution in [1.29, 1.82) is 0 Å². The number of hydrogen-bond donors (Lipinski definition) is 0. The van der Waals surface area contributed by atoms with Crippen LogP contribution in [0.3, 0.4) is 0 Å². The van der Waals surface area contributed by atoms with E-state index >= 15 is 0 Å². The van der Waals surface area contributed by atoms with Crippen LogP contribution in [-0.4, -0.2) is 0 Å². The van der Waals surface area contributed by atoms with E-state index < -0.39 is 0 Å². The van der Waals surface area contributed by atoms with Gasteiger partial charge in [-0.1, -0.05) is 474 Å². The second kappa shape index (κ2) is 43.9. The summed E-state index contributed by atoms with van der Waals surface area (Å²) < 4.78 is 0. The molecule has 0 saturated heterocycles. The minimum absolute atomic E-state index is 0.164. The summed E-state index contributed by atoms with van der Waals surface area (Å²) in [5, 5.41) is 0. The van der Waals surface area contributed by atoms with Gasteiger partial charge in [0.25, 0.3) is 0 Å². The Labute approximate surface area is 695 Å². The first-order valence-corrected chi connectivity index (χ1v) is 45.1. The minimum Gasteiger partial charge on any atom is -0.0649 e. The van der Waals surface area contributed by atoms with E-state index in [0.717, 1.165) is 54.8 Å². The first kappa shape index (κ1) is 109. The molecule has 0 N–H and O–H groups in total. The van der Waals surface area contributed by atoms with Gasteiger partial charge in [-0.2, -0.15) is 0 Å². The van der Waals surface area contributed by atoms with Gasteiger partial charge in [-0.05, 0) is 226 Å². The molecule has 0 radical (unpaired) electrons. The third kappa shape index (κ3) is 47.2. The van der Waals surface area contributed by atoms with Crippen LogP contribution in [0.1, 0.15) is 449 Å². The minimum atomic E-state index is 0.164. The van der Waals surface area contributed by atoms with Crippen LogP contribution in [0, 0.1) is 106 Å². The van der Waals surface area contributed by atoms with Gasteiger partial charge in [0.2, 0.25) is 0 Å². The topological polar surface area (TPSA) is 0 Å². The highest BCUT2D eigenvalue weighted by molar-refractivity contribution is 5.36. The van der Waals surface area contributed by atoms with Crippen LogP contribution in [0.25, 0.3) is 0 Å². The van der Waals surface area contributed by atoms with Gasteiger partial charge < -0.3 is 0 Å². The molecule has 8 rings (SSSR count). The third-order valence-corrected chi connectivity index (χ3v) is 26.4. The second-order valence-corrected chi connectivity index (χ2v) is 51.7. The molecule has 4 aromatic rings. The molecule has 0 aromatic heterocycles. The van der Waals surface area contributed by atoms with Crippen molar-refractivity contribution < 1.29 is 0 Å². The van der Waals surface area contributed by atoms with Crippen LogP contribution < -0.4 is 0 Å². The van der Waals surface area contributed by atoms with Crippen molar-refractivity contribution in [2.24, 2.45) is 106 Å². The SMILES string of the molecule is CC(C)(C)C(C)(C)C.CC(C)(C)C(C)(C)c1cccc(C(C)(C)C(C)(C)C)c1.CC(C)(C)C(C)(C)c1ccccc1.CC(C)(C)CC1CC2CCC1C2.CC(C)(C)CC1CC2CCC1C2.CC(C)(C)Cc1cccc(CC(C)(C)C)c1.CC(C)(C)Cc1ccccc1.CCC(C)(C)C.CCC(C)(C)C.CCC(C)(C)C. The predicted octanol–water partition coefficient (Wildman–Crippen LogP) is 36.6. The standard InChI is InChI=1S/C20H34.C16H26.C13H20.2C12H22.C11H16.C8H18.3C6H14/c1-17(2,3)19(7,8)15-12-11-13-16(14-15)20(9,10)18(4,5)6;1-15(2,3)11-13-8-7-9-14(10-13)12-16(4,5)6;1-12(2,3)13(4,5)11-9-7-6-8-10-11;2*1-12(2,3)8-11-7-9-4-5-10(11)6-9;1-11(2,3)9-10-7-5-4-6-8-10;1-7(2,3)8(4,5)6;3*1-5-6(2,3)4/h11-14H,1-10H3;7-10H,11-12H2,1-6H3;6-10H,1-5H3;2*9-11H,4-8H2,1-3H3;4-8H,9H2,1-3H3;1-6H3;3*5H2,1-4H3. The van der Waals surface area contributed by atoms with E-state index in [9.17, 15) is 0 Å². The zero-order valence-corrected chi connectivity index (χ0v) is 84.2. The van der Waals surface area contributed by atoms with E-state index in [1.807, 2.05) is 0 Å². The molecule has 0 amide bonds. The van der Waals surface area contributed by atoms with Gasteiger partial charge in [-0.25, -0.2) is 0 Å². The van der Waals surface area contributed by atoms with Gasteiger partial charge in [0.05, 0.1) is 0 Å². The van der Waals surface area contributed by atoms with Crippen molar-refractivity contribution >= 4 is 0 Å². The lowest BCUT2D eigenvalue weighted by molar-refractivity contribution is 0.157. The van der Waals surface area contributed by atoms with Crippen molar-refractivity contribution in [1.82, 2.24) is 0 Å². The monoisotopic (exact) mass is 1520 g/mol. The van der Waals surface area contributed by atoms with Crippen LogP contribution >= 0.6 is 0 Å². The molecule has 4 aliphatic rings. The zero-order chi connectivity index (χ0) is 87.0. The predicted molar refractivity (Wildman–Crippen MR) is 507 cm³/mol. The zero-order valence-electron chi connectivity index (χ0n) is 84.2. The summed E-state index contributed by atoms with van der Waals surface area (Å²) >= 11 is 0. The highest BCUT2D eigenvalue weighted by Gasteiger charge is 2.43. The average molecular weight is 1520 g/mol. The lowest BCUT2D eigenvalue weighted by Crippen LogP contribution is -2.36. The van der Waals surface area contributed by atoms with Gasteiger partial charge in [0.1, 0.15) is 0 Å². The number of fused-ring (bicyclic) bond motifs is 4. The van der Waals surface area contributed by atoms with Gasteiger partial charge in [-0.15, -0.1) is 0 Å². The molecule has 6 atom stereocenters. The largest absolute Gasteiger partial charge is 0.0649 e. The molecule has 0 spiro atoms. The molecule has 4 saturated carbocycles. The van der Waals surface area contributed by atoms with Gasteiger partial charge in [0, 0.05) is 0 Å². The molecule has 0 nitrogen and oxygen atoms in total. The maximum atomic E-state index is 2.43. The highest BCUT2D eigenvalue weighted by atomic mass is 14.5. The van der Waals surface area contributed by atoms with Crippen molar-refractivity contribution in [2.75, 3.05) is 0 Å². The van der Waals surface area contributed by atoms with Crippen molar-refractivity contribution in [3.63, 3.8) is 0 Å². The van der Waals surface area contributed by atoms with E-state index in [0.29, 0.717) is 59.6 Å². The normalized spacial score (nSPS) is 19.1. The Morgan fingerprint density at radius 2 is 0.464 bits per heavy atom. The van der Waals surface area contributed by atoms with Crippen LogP contribution in [0.5, 0.6) is 0 Å². The molecular weight excluding hydrogens is 1320 g/mol. The Morgan fingerprint density at radius 3 is 0.682 bits per heavy atom. The lowest BCUT2D eigenvalue weighted by atomic mass is 9.62. The molecule has 4 fully saturated rings. The number of rotatable bonds is 8. The third-order valence-electron chi connectivity index (χ3n) is 26.4. The van der Waals surface area contributed by atoms with E-state index in [2.05, 4.69) is 442 Å². The molecule has 640 valence electrons. The molecule has 6 unspecified atom stereocenters. The van der Waals surface area contributed by atoms with Crippen molar-refractivity contribution in [2.45, 2.75) is 451 Å². The summed E-state index contributed by atoms with van der Waals surface area (Å²) in [6.45, 7) is 110. The van der Waals surface area contributed by atoms with E-state index in [4.69, 9.17) is 0 Å². The quantitative estimate of drug-likeness (QED) is 0.165. The fourth-order valence-corrected chi connectivity index (χ4v) is 13.6. The molecule has 0 aliphatic heterocycles. The number of hydrogen-bond acceptors (Lipinski definition) is 0. The highest BCUT2D eigenvalue weighted by Crippen LogP contribution is 2.53. The average Bonchev–Trinajstić information content (AvgIpc) is 1.21. The van der Waals surface area contributed by atoms with Gasteiger partial charge in [0.15, 0.2) is 0 Å². The molecule has 0 heteroatoms. The Hall–Kier alpha value is -3.12. The van der Waals surface area contributed by atoms with E-state index in [1.54, 1.807) is 51.4 Å². The smallest absolute Gasteiger partial charge is 0.00550 e. The molecule has 110 heavy (non-hydrogen) atoms. The summed E-state index contributed by atoms with van der Waals surface area (Å²) in [5.41, 5.74) is 14.8. The van der Waals surface area contributed by atoms with Gasteiger partial charge >= 0.3 is 0 Å². The lowest BCUT2D eigenvalue weighted by Gasteiger charge is -2.42. The van der Waals surface area contributed by atoms with Crippen LogP contribution in [0.4, 0.5) is 0 Å². The summed E-state index contributed by atoms with van der Waals surface area (Å²) in [4.78, 5) is 0. The molecule has 4 aromatic carbocycles. The summed E-state index contributed by atoms with van der Waals surface area (Å²) in [6, 6.07) is 39.6. The van der Waals surface area contributed by atoms with E-state index in [1.165, 1.54) is 65.5 Å². The fraction of sp³-hybridized carbons (Fsp3) is 0.782. The maximum absolute atomic E-state index is 2.43. The second-order valence-electron chi connectivity index (χ2n) is 51.7. The fourth-order valence-electron chi connectivity index (χ4n) is 13.6. The Balaban J connectivity index is 0. The molecule has 4 aliphatic carbocycles. The van der Waals surface area contributed by atoms with Crippen LogP contribution in [-0.2, 0) is 35.5 Å². The first-order valence-electron chi connectivity index (χ1n) is 45.1. The molecule has 4 bridgehead atoms. The van der Waals surface area contributed by atoms with Crippen LogP contribution in [0.2, 0.25) is 0 Å².